The summed E-state index contributed by atoms with van der Waals surface area (Å²) in [5.74, 6) is -2.11. The summed E-state index contributed by atoms with van der Waals surface area (Å²) in [5.41, 5.74) is -0.853. The number of aliphatic hydroxyl groups is 4. The minimum absolute atomic E-state index is 0.00254. The highest BCUT2D eigenvalue weighted by Gasteiger charge is 2.50. The molecule has 0 aliphatic carbocycles. The predicted octanol–water partition coefficient (Wildman–Crippen LogP) is 0.179. The zero-order chi connectivity index (χ0) is 29.0. The van der Waals surface area contributed by atoms with E-state index in [0.29, 0.717) is 5.56 Å². The molecular formula is C27H28O13. The molecule has 0 radical (unpaired) electrons. The fourth-order valence-corrected chi connectivity index (χ4v) is 4.94. The number of phenols is 3. The van der Waals surface area contributed by atoms with E-state index in [1.807, 2.05) is 0 Å². The molecule has 2 aliphatic heterocycles. The van der Waals surface area contributed by atoms with Crippen LogP contribution in [0.2, 0.25) is 0 Å². The Labute approximate surface area is 226 Å². The number of benzene rings is 2. The lowest BCUT2D eigenvalue weighted by molar-refractivity contribution is -0.323. The van der Waals surface area contributed by atoms with Gasteiger partial charge in [-0.2, -0.15) is 0 Å². The van der Waals surface area contributed by atoms with Gasteiger partial charge in [0.05, 0.1) is 11.7 Å². The van der Waals surface area contributed by atoms with Crippen LogP contribution in [0, 0.1) is 0 Å². The SMILES string of the molecule is C[C@@H]1O[C@H](c2c(O)cc3oc(-c4ccc(O)cc4)cc(=O)c3c2O)[C@@H](O[C@@H]2O[C@@H](C)[C@H](O)[C@@H](O)[C@H]2O)[C@H](O)C1=O. The molecule has 0 saturated carbocycles. The molecule has 0 spiro atoms. The van der Waals surface area contributed by atoms with Crippen LogP contribution >= 0.6 is 0 Å². The molecule has 9 atom stereocenters. The number of Topliss-reactive ketones (excluding diaryl/α,β-unsaturated/α-hetero) is 1. The summed E-state index contributed by atoms with van der Waals surface area (Å²) in [5, 5.41) is 72.7. The maximum atomic E-state index is 13.1. The number of phenolic OH excluding ortho intramolecular Hbond substituents is 3. The van der Waals surface area contributed by atoms with Crippen molar-refractivity contribution in [3.8, 4) is 28.6 Å². The Hall–Kier alpha value is -3.56. The minimum atomic E-state index is -1.90. The van der Waals surface area contributed by atoms with Gasteiger partial charge in [-0.3, -0.25) is 9.59 Å². The molecule has 0 unspecified atom stereocenters. The highest BCUT2D eigenvalue weighted by atomic mass is 16.7. The molecule has 2 aromatic carbocycles. The number of hydrogen-bond donors (Lipinski definition) is 7. The fraction of sp³-hybridized carbons (Fsp3) is 0.407. The highest BCUT2D eigenvalue weighted by Crippen LogP contribution is 2.45. The van der Waals surface area contributed by atoms with Crippen LogP contribution in [0.15, 0.2) is 45.6 Å². The molecule has 13 nitrogen and oxygen atoms in total. The number of fused-ring (bicyclic) bond motifs is 1. The van der Waals surface area contributed by atoms with E-state index in [0.717, 1.165) is 12.1 Å². The molecule has 5 rings (SSSR count). The Morgan fingerprint density at radius 3 is 2.20 bits per heavy atom. The molecule has 2 aliphatic rings. The molecule has 13 heteroatoms. The first-order valence-corrected chi connectivity index (χ1v) is 12.4. The van der Waals surface area contributed by atoms with Crippen molar-refractivity contribution in [1.29, 1.82) is 0 Å². The summed E-state index contributed by atoms with van der Waals surface area (Å²) in [7, 11) is 0. The van der Waals surface area contributed by atoms with Crippen LogP contribution in [0.5, 0.6) is 17.2 Å². The molecule has 3 heterocycles. The van der Waals surface area contributed by atoms with Gasteiger partial charge in [0.1, 0.15) is 76.7 Å². The topological polar surface area (TPSA) is 217 Å². The second kappa shape index (κ2) is 10.4. The van der Waals surface area contributed by atoms with Gasteiger partial charge in [-0.1, -0.05) is 0 Å². The zero-order valence-electron chi connectivity index (χ0n) is 21.2. The van der Waals surface area contributed by atoms with E-state index < -0.39 is 83.4 Å². The average Bonchev–Trinajstić information content (AvgIpc) is 2.91. The predicted molar refractivity (Wildman–Crippen MR) is 134 cm³/mol. The molecule has 1 aromatic heterocycles. The van der Waals surface area contributed by atoms with E-state index in [4.69, 9.17) is 18.6 Å². The first-order chi connectivity index (χ1) is 18.9. The van der Waals surface area contributed by atoms with Crippen LogP contribution in [0.4, 0.5) is 0 Å². The molecule has 40 heavy (non-hydrogen) atoms. The Kier molecular flexibility index (Phi) is 7.31. The van der Waals surface area contributed by atoms with E-state index in [9.17, 15) is 45.3 Å². The molecule has 0 bridgehead atoms. The van der Waals surface area contributed by atoms with Gasteiger partial charge in [-0.05, 0) is 38.1 Å². The third kappa shape index (κ3) is 4.71. The maximum absolute atomic E-state index is 13.1. The minimum Gasteiger partial charge on any atom is -0.508 e. The molecule has 2 saturated heterocycles. The lowest BCUT2D eigenvalue weighted by Gasteiger charge is -2.44. The number of carbonyl (C=O) groups excluding carboxylic acids is 1. The normalized spacial score (nSPS) is 32.9. The first-order valence-electron chi connectivity index (χ1n) is 12.4. The largest absolute Gasteiger partial charge is 0.508 e. The number of ketones is 1. The summed E-state index contributed by atoms with van der Waals surface area (Å²) in [6, 6.07) is 7.94. The third-order valence-corrected chi connectivity index (χ3v) is 7.20. The van der Waals surface area contributed by atoms with E-state index in [1.54, 1.807) is 0 Å². The van der Waals surface area contributed by atoms with E-state index in [2.05, 4.69) is 0 Å². The van der Waals surface area contributed by atoms with Crippen molar-refractivity contribution >= 4 is 16.8 Å². The number of rotatable bonds is 4. The zero-order valence-corrected chi connectivity index (χ0v) is 21.2. The number of carbonyl (C=O) groups is 1. The van der Waals surface area contributed by atoms with Gasteiger partial charge in [0.2, 0.25) is 0 Å². The monoisotopic (exact) mass is 560 g/mol. The smallest absolute Gasteiger partial charge is 0.197 e. The number of aromatic hydroxyl groups is 3. The van der Waals surface area contributed by atoms with Crippen molar-refractivity contribution in [2.45, 2.75) is 69.0 Å². The van der Waals surface area contributed by atoms with Gasteiger partial charge >= 0.3 is 0 Å². The van der Waals surface area contributed by atoms with Crippen LogP contribution < -0.4 is 5.43 Å². The van der Waals surface area contributed by atoms with Gasteiger partial charge in [-0.15, -0.1) is 0 Å². The summed E-state index contributed by atoms with van der Waals surface area (Å²) in [6.07, 6.45) is -14.0. The van der Waals surface area contributed by atoms with Gasteiger partial charge in [0.25, 0.3) is 0 Å². The molecule has 0 amide bonds. The van der Waals surface area contributed by atoms with E-state index in [-0.39, 0.29) is 22.5 Å². The molecule has 214 valence electrons. The average molecular weight is 561 g/mol. The van der Waals surface area contributed by atoms with E-state index >= 15 is 0 Å². The number of ether oxygens (including phenoxy) is 3. The second-order valence-corrected chi connectivity index (χ2v) is 9.88. The summed E-state index contributed by atoms with van der Waals surface area (Å²) < 4.78 is 22.6. The van der Waals surface area contributed by atoms with Gasteiger partial charge < -0.3 is 54.4 Å². The lowest BCUT2D eigenvalue weighted by Crippen LogP contribution is -2.60. The Morgan fingerprint density at radius 2 is 1.52 bits per heavy atom. The van der Waals surface area contributed by atoms with Gasteiger partial charge in [0, 0.05) is 17.7 Å². The van der Waals surface area contributed by atoms with Crippen molar-refractivity contribution in [3.05, 3.63) is 52.2 Å². The van der Waals surface area contributed by atoms with Crippen LogP contribution in [0.1, 0.15) is 25.5 Å². The molecule has 2 fully saturated rings. The lowest BCUT2D eigenvalue weighted by atomic mass is 9.90. The Morgan fingerprint density at radius 1 is 0.850 bits per heavy atom. The quantitative estimate of drug-likeness (QED) is 0.227. The van der Waals surface area contributed by atoms with Crippen LogP contribution in [0.3, 0.4) is 0 Å². The second-order valence-electron chi connectivity index (χ2n) is 9.88. The number of hydrogen-bond acceptors (Lipinski definition) is 13. The van der Waals surface area contributed by atoms with Crippen molar-refractivity contribution in [3.63, 3.8) is 0 Å². The van der Waals surface area contributed by atoms with Crippen LogP contribution in [-0.4, -0.2) is 90.5 Å². The Bertz CT molecular complexity index is 1480. The standard InChI is InChI=1S/C27H28O13/c1-9-20(32)23(35)26(40-27-24(36)22(34)19(31)10(2)38-27)25(37-9)18-14(30)8-16-17(21(18)33)13(29)7-15(39-16)11-3-5-12(28)6-4-11/h3-10,19,22-28,30-31,33-36H,1-2H3/t9-,10-,19-,22+,23+,24+,25+,26-,27-/m0/s1. The van der Waals surface area contributed by atoms with Crippen molar-refractivity contribution in [2.24, 2.45) is 0 Å². The Balaban J connectivity index is 1.58. The summed E-state index contributed by atoms with van der Waals surface area (Å²) in [6.45, 7) is 2.73. The first kappa shape index (κ1) is 28.0. The van der Waals surface area contributed by atoms with Gasteiger partial charge in [-0.25, -0.2) is 0 Å². The fourth-order valence-electron chi connectivity index (χ4n) is 4.94. The van der Waals surface area contributed by atoms with E-state index in [1.165, 1.54) is 38.1 Å². The van der Waals surface area contributed by atoms with Crippen molar-refractivity contribution < 1.29 is 59.2 Å². The van der Waals surface area contributed by atoms with Crippen LogP contribution in [-0.2, 0) is 19.0 Å². The maximum Gasteiger partial charge on any atom is 0.197 e. The molecular weight excluding hydrogens is 532 g/mol. The van der Waals surface area contributed by atoms with Gasteiger partial charge in [0.15, 0.2) is 17.5 Å². The summed E-state index contributed by atoms with van der Waals surface area (Å²) >= 11 is 0. The number of aliphatic hydroxyl groups excluding tert-OH is 4. The molecule has 3 aromatic rings. The third-order valence-electron chi connectivity index (χ3n) is 7.20. The summed E-state index contributed by atoms with van der Waals surface area (Å²) in [4.78, 5) is 25.7. The molecule has 7 N–H and O–H groups in total. The van der Waals surface area contributed by atoms with Crippen molar-refractivity contribution in [1.82, 2.24) is 0 Å². The van der Waals surface area contributed by atoms with Crippen molar-refractivity contribution in [2.75, 3.05) is 0 Å². The highest BCUT2D eigenvalue weighted by molar-refractivity contribution is 5.90. The van der Waals surface area contributed by atoms with Crippen LogP contribution in [0.25, 0.3) is 22.3 Å².